The predicted molar refractivity (Wildman–Crippen MR) is 111 cm³/mol. The van der Waals surface area contributed by atoms with Gasteiger partial charge >= 0.3 is 0 Å². The van der Waals surface area contributed by atoms with Gasteiger partial charge in [0.15, 0.2) is 0 Å². The number of benzene rings is 1. The number of ether oxygens (including phenoxy) is 1. The molecule has 1 fully saturated rings. The van der Waals surface area contributed by atoms with Crippen molar-refractivity contribution in [2.24, 2.45) is 0 Å². The van der Waals surface area contributed by atoms with Gasteiger partial charge in [-0.25, -0.2) is 4.98 Å². The van der Waals surface area contributed by atoms with E-state index in [2.05, 4.69) is 15.3 Å². The summed E-state index contributed by atoms with van der Waals surface area (Å²) in [6.45, 7) is 3.51. The van der Waals surface area contributed by atoms with Gasteiger partial charge in [-0.2, -0.15) is 0 Å². The number of nitrogens with zero attached hydrogens (tertiary/aromatic N) is 2. The molecule has 0 bridgehead atoms. The largest absolute Gasteiger partial charge is 0.376 e. The van der Waals surface area contributed by atoms with Crippen LogP contribution in [0.1, 0.15) is 41.0 Å². The molecule has 1 unspecified atom stereocenters. The first-order chi connectivity index (χ1) is 14.1. The zero-order valence-electron chi connectivity index (χ0n) is 16.6. The first-order valence-corrected chi connectivity index (χ1v) is 10.2. The number of carbonyl (C=O) groups is 1. The van der Waals surface area contributed by atoms with Crippen LogP contribution in [0.3, 0.4) is 0 Å². The van der Waals surface area contributed by atoms with E-state index in [0.29, 0.717) is 18.7 Å². The van der Waals surface area contributed by atoms with Crippen LogP contribution in [0.15, 0.2) is 41.3 Å². The molecule has 152 valence electrons. The van der Waals surface area contributed by atoms with Crippen molar-refractivity contribution in [1.82, 2.24) is 19.9 Å². The monoisotopic (exact) mass is 394 g/mol. The molecule has 2 aromatic heterocycles. The Morgan fingerprint density at radius 3 is 3.00 bits per heavy atom. The van der Waals surface area contributed by atoms with Crippen molar-refractivity contribution in [2.45, 2.75) is 45.3 Å². The van der Waals surface area contributed by atoms with Gasteiger partial charge in [0.1, 0.15) is 11.4 Å². The molecule has 4 rings (SSSR count). The highest BCUT2D eigenvalue weighted by Gasteiger charge is 2.20. The molecule has 2 N–H and O–H groups in total. The van der Waals surface area contributed by atoms with Crippen LogP contribution in [0.5, 0.6) is 0 Å². The van der Waals surface area contributed by atoms with Crippen molar-refractivity contribution in [3.63, 3.8) is 0 Å². The number of hydrogen-bond acceptors (Lipinski definition) is 4. The van der Waals surface area contributed by atoms with Gasteiger partial charge < -0.3 is 19.6 Å². The van der Waals surface area contributed by atoms with Gasteiger partial charge in [-0.05, 0) is 49.9 Å². The maximum atomic E-state index is 12.8. The number of fused-ring (bicyclic) bond motifs is 1. The summed E-state index contributed by atoms with van der Waals surface area (Å²) in [5.41, 5.74) is 2.61. The molecule has 3 aromatic rings. The molecule has 1 aromatic carbocycles. The predicted octanol–water partition coefficient (Wildman–Crippen LogP) is 2.57. The van der Waals surface area contributed by atoms with Gasteiger partial charge in [-0.3, -0.25) is 9.59 Å². The Kier molecular flexibility index (Phi) is 5.76. The van der Waals surface area contributed by atoms with Crippen LogP contribution in [-0.2, 0) is 17.7 Å². The fourth-order valence-corrected chi connectivity index (χ4v) is 3.76. The van der Waals surface area contributed by atoms with Crippen LogP contribution in [0.2, 0.25) is 0 Å². The number of carbonyl (C=O) groups excluding carboxylic acids is 1. The molecule has 1 atom stereocenters. The maximum Gasteiger partial charge on any atom is 0.263 e. The van der Waals surface area contributed by atoms with Crippen LogP contribution in [0.25, 0.3) is 11.0 Å². The Bertz CT molecular complexity index is 1030. The molecule has 1 saturated heterocycles. The number of imidazole rings is 1. The molecule has 0 saturated carbocycles. The average Bonchev–Trinajstić information content (AvgIpc) is 3.36. The van der Waals surface area contributed by atoms with E-state index in [-0.39, 0.29) is 23.1 Å². The standard InChI is InChI=1S/C22H26N4O3/c1-15-10-12-26(14-16-6-5-13-29-16)22(28)20(15)21(27)23-11-4-9-19-24-17-7-2-3-8-18(17)25-19/h2-3,7-8,10,12,16H,4-6,9,11,13-14H2,1H3,(H,23,27)(H,24,25). The van der Waals surface area contributed by atoms with Crippen LogP contribution >= 0.6 is 0 Å². The molecule has 0 radical (unpaired) electrons. The van der Waals surface area contributed by atoms with Crippen molar-refractivity contribution in [3.05, 3.63) is 63.8 Å². The van der Waals surface area contributed by atoms with E-state index in [1.165, 1.54) is 0 Å². The van der Waals surface area contributed by atoms with Crippen molar-refractivity contribution in [2.75, 3.05) is 13.2 Å². The third-order valence-electron chi connectivity index (χ3n) is 5.34. The van der Waals surface area contributed by atoms with Crippen LogP contribution in [0, 0.1) is 6.92 Å². The van der Waals surface area contributed by atoms with Crippen molar-refractivity contribution in [3.8, 4) is 0 Å². The summed E-state index contributed by atoms with van der Waals surface area (Å²) in [4.78, 5) is 33.3. The Labute approximate surface area is 169 Å². The second-order valence-electron chi connectivity index (χ2n) is 7.53. The number of aromatic nitrogens is 3. The number of hydrogen-bond donors (Lipinski definition) is 2. The van der Waals surface area contributed by atoms with E-state index in [1.54, 1.807) is 17.7 Å². The molecule has 3 heterocycles. The molecule has 1 aliphatic rings. The average molecular weight is 394 g/mol. The van der Waals surface area contributed by atoms with E-state index >= 15 is 0 Å². The van der Waals surface area contributed by atoms with Gasteiger partial charge in [0.25, 0.3) is 11.5 Å². The lowest BCUT2D eigenvalue weighted by Gasteiger charge is -2.14. The minimum Gasteiger partial charge on any atom is -0.376 e. The minimum absolute atomic E-state index is 0.0510. The summed E-state index contributed by atoms with van der Waals surface area (Å²) >= 11 is 0. The molecule has 29 heavy (non-hydrogen) atoms. The first-order valence-electron chi connectivity index (χ1n) is 10.2. The van der Waals surface area contributed by atoms with Crippen LogP contribution < -0.4 is 10.9 Å². The zero-order valence-corrected chi connectivity index (χ0v) is 16.6. The smallest absolute Gasteiger partial charge is 0.263 e. The molecule has 0 aliphatic carbocycles. The quantitative estimate of drug-likeness (QED) is 0.603. The number of amides is 1. The number of nitrogens with one attached hydrogen (secondary N) is 2. The summed E-state index contributed by atoms with van der Waals surface area (Å²) in [5, 5.41) is 2.88. The van der Waals surface area contributed by atoms with Gasteiger partial charge in [-0.15, -0.1) is 0 Å². The van der Waals surface area contributed by atoms with E-state index in [9.17, 15) is 9.59 Å². The first kappa shape index (κ1) is 19.4. The van der Waals surface area contributed by atoms with Crippen molar-refractivity contribution >= 4 is 16.9 Å². The number of rotatable bonds is 7. The van der Waals surface area contributed by atoms with Crippen molar-refractivity contribution < 1.29 is 9.53 Å². The third kappa shape index (κ3) is 4.40. The molecule has 1 amide bonds. The van der Waals surface area contributed by atoms with Crippen LogP contribution in [-0.4, -0.2) is 39.7 Å². The molecule has 1 aliphatic heterocycles. The summed E-state index contributed by atoms with van der Waals surface area (Å²) in [5.74, 6) is 0.578. The topological polar surface area (TPSA) is 89.0 Å². The molecular formula is C22H26N4O3. The van der Waals surface area contributed by atoms with Gasteiger partial charge in [0.05, 0.1) is 23.7 Å². The van der Waals surface area contributed by atoms with E-state index < -0.39 is 0 Å². The Balaban J connectivity index is 1.35. The van der Waals surface area contributed by atoms with Gasteiger partial charge in [0, 0.05) is 25.8 Å². The fourth-order valence-electron chi connectivity index (χ4n) is 3.76. The normalized spacial score (nSPS) is 16.4. The summed E-state index contributed by atoms with van der Waals surface area (Å²) < 4.78 is 7.21. The number of para-hydroxylation sites is 2. The van der Waals surface area contributed by atoms with Crippen molar-refractivity contribution in [1.29, 1.82) is 0 Å². The summed E-state index contributed by atoms with van der Waals surface area (Å²) in [7, 11) is 0. The lowest BCUT2D eigenvalue weighted by atomic mass is 10.1. The SMILES string of the molecule is Cc1ccn(CC2CCCO2)c(=O)c1C(=O)NCCCc1nc2ccccc2[nH]1. The molecule has 7 nitrogen and oxygen atoms in total. The Hall–Kier alpha value is -2.93. The lowest BCUT2D eigenvalue weighted by Crippen LogP contribution is -2.36. The van der Waals surface area contributed by atoms with Crippen LogP contribution in [0.4, 0.5) is 0 Å². The fraction of sp³-hybridized carbons (Fsp3) is 0.409. The Morgan fingerprint density at radius 1 is 1.34 bits per heavy atom. The number of pyridine rings is 1. The number of H-pyrrole nitrogens is 1. The molecular weight excluding hydrogens is 368 g/mol. The highest BCUT2D eigenvalue weighted by molar-refractivity contribution is 5.95. The Morgan fingerprint density at radius 2 is 2.21 bits per heavy atom. The van der Waals surface area contributed by atoms with Gasteiger partial charge in [-0.1, -0.05) is 12.1 Å². The third-order valence-corrected chi connectivity index (χ3v) is 5.34. The molecule has 0 spiro atoms. The van der Waals surface area contributed by atoms with Gasteiger partial charge in [0.2, 0.25) is 0 Å². The van der Waals surface area contributed by atoms with E-state index in [0.717, 1.165) is 49.1 Å². The zero-order chi connectivity index (χ0) is 20.2. The highest BCUT2D eigenvalue weighted by Crippen LogP contribution is 2.14. The summed E-state index contributed by atoms with van der Waals surface area (Å²) in [6, 6.07) is 9.71. The van der Waals surface area contributed by atoms with E-state index in [4.69, 9.17) is 4.74 Å². The highest BCUT2D eigenvalue weighted by atomic mass is 16.5. The lowest BCUT2D eigenvalue weighted by molar-refractivity contribution is 0.0929. The molecule has 7 heteroatoms. The maximum absolute atomic E-state index is 12.8. The summed E-state index contributed by atoms with van der Waals surface area (Å²) in [6.07, 6.45) is 5.23. The second-order valence-corrected chi connectivity index (χ2v) is 7.53. The minimum atomic E-state index is -0.321. The van der Waals surface area contributed by atoms with E-state index in [1.807, 2.05) is 30.3 Å². The second kappa shape index (κ2) is 8.61. The number of aryl methyl sites for hydroxylation is 2. The number of aromatic amines is 1.